The zero-order valence-corrected chi connectivity index (χ0v) is 22.6. The second-order valence-corrected chi connectivity index (χ2v) is 10.5. The SMILES string of the molecule is CN1CCN(c2ccc(N(C(=O)NCc3ccccc3)[C@H]3CC[C@H](Nc4ccc(C#N)cn4)CC3)cc2)CC1. The molecule has 202 valence electrons. The summed E-state index contributed by atoms with van der Waals surface area (Å²) < 4.78 is 0. The Balaban J connectivity index is 1.27. The molecule has 0 atom stereocenters. The van der Waals surface area contributed by atoms with Gasteiger partial charge in [0.1, 0.15) is 11.9 Å². The normalized spacial score (nSPS) is 19.6. The lowest BCUT2D eigenvalue weighted by Crippen LogP contribution is -2.48. The lowest BCUT2D eigenvalue weighted by atomic mass is 9.90. The van der Waals surface area contributed by atoms with Crippen LogP contribution < -0.4 is 20.4 Å². The minimum Gasteiger partial charge on any atom is -0.369 e. The lowest BCUT2D eigenvalue weighted by molar-refractivity contribution is 0.240. The highest BCUT2D eigenvalue weighted by Gasteiger charge is 2.30. The van der Waals surface area contributed by atoms with Gasteiger partial charge in [-0.25, -0.2) is 9.78 Å². The number of rotatable bonds is 7. The summed E-state index contributed by atoms with van der Waals surface area (Å²) in [5.74, 6) is 0.786. The molecule has 0 bridgehead atoms. The van der Waals surface area contributed by atoms with E-state index in [9.17, 15) is 4.79 Å². The van der Waals surface area contributed by atoms with Gasteiger partial charge in [0.2, 0.25) is 0 Å². The van der Waals surface area contributed by atoms with Crippen LogP contribution >= 0.6 is 0 Å². The summed E-state index contributed by atoms with van der Waals surface area (Å²) in [6, 6.07) is 24.6. The first-order valence-electron chi connectivity index (χ1n) is 13.9. The third-order valence-electron chi connectivity index (χ3n) is 7.81. The van der Waals surface area contributed by atoms with Crippen LogP contribution in [-0.2, 0) is 6.54 Å². The van der Waals surface area contributed by atoms with Crippen LogP contribution in [0, 0.1) is 11.3 Å². The van der Waals surface area contributed by atoms with Crippen molar-refractivity contribution in [1.29, 1.82) is 5.26 Å². The minimum absolute atomic E-state index is 0.0589. The first-order valence-corrected chi connectivity index (χ1v) is 13.9. The van der Waals surface area contributed by atoms with Crippen LogP contribution in [0.5, 0.6) is 0 Å². The highest BCUT2D eigenvalue weighted by molar-refractivity contribution is 5.92. The van der Waals surface area contributed by atoms with Crippen molar-refractivity contribution in [3.05, 3.63) is 84.1 Å². The molecule has 8 nitrogen and oxygen atoms in total. The number of piperazine rings is 1. The Morgan fingerprint density at radius 2 is 1.69 bits per heavy atom. The number of pyridine rings is 1. The van der Waals surface area contributed by atoms with Gasteiger partial charge in [0.05, 0.1) is 5.56 Å². The number of nitrogens with zero attached hydrogens (tertiary/aromatic N) is 5. The Morgan fingerprint density at radius 1 is 0.974 bits per heavy atom. The summed E-state index contributed by atoms with van der Waals surface area (Å²) in [5.41, 5.74) is 3.78. The molecule has 2 heterocycles. The molecule has 39 heavy (non-hydrogen) atoms. The van der Waals surface area contributed by atoms with Crippen molar-refractivity contribution in [2.75, 3.05) is 48.3 Å². The molecule has 1 aliphatic heterocycles. The molecule has 1 aliphatic carbocycles. The average molecular weight is 524 g/mol. The number of hydrogen-bond donors (Lipinski definition) is 2. The minimum atomic E-state index is -0.0589. The first kappa shape index (κ1) is 26.5. The number of carbonyl (C=O) groups excluding carboxylic acids is 1. The van der Waals surface area contributed by atoms with Crippen molar-refractivity contribution in [1.82, 2.24) is 15.2 Å². The van der Waals surface area contributed by atoms with E-state index in [2.05, 4.69) is 62.8 Å². The predicted octanol–water partition coefficient (Wildman–Crippen LogP) is 4.84. The third kappa shape index (κ3) is 6.87. The molecule has 5 rings (SSSR count). The maximum absolute atomic E-state index is 13.6. The summed E-state index contributed by atoms with van der Waals surface area (Å²) in [5, 5.41) is 15.7. The number of likely N-dealkylation sites (N-methyl/N-ethyl adjacent to an activating group) is 1. The first-order chi connectivity index (χ1) is 19.1. The number of nitriles is 1. The number of carbonyl (C=O) groups is 1. The topological polar surface area (TPSA) is 87.5 Å². The monoisotopic (exact) mass is 523 g/mol. The largest absolute Gasteiger partial charge is 0.369 e. The summed E-state index contributed by atoms with van der Waals surface area (Å²) in [6.07, 6.45) is 5.26. The Kier molecular flexibility index (Phi) is 8.59. The number of anilines is 3. The van der Waals surface area contributed by atoms with Gasteiger partial charge in [-0.1, -0.05) is 30.3 Å². The van der Waals surface area contributed by atoms with Crippen LogP contribution in [0.1, 0.15) is 36.8 Å². The summed E-state index contributed by atoms with van der Waals surface area (Å²) in [7, 11) is 2.16. The fraction of sp³-hybridized carbons (Fsp3) is 0.387. The van der Waals surface area contributed by atoms with Gasteiger partial charge < -0.3 is 20.4 Å². The maximum atomic E-state index is 13.6. The Hall–Kier alpha value is -4.09. The van der Waals surface area contributed by atoms with Crippen molar-refractivity contribution >= 4 is 23.2 Å². The van der Waals surface area contributed by atoms with Crippen molar-refractivity contribution < 1.29 is 4.79 Å². The second kappa shape index (κ2) is 12.6. The molecule has 3 aromatic rings. The van der Waals surface area contributed by atoms with E-state index in [1.807, 2.05) is 41.3 Å². The molecule has 2 N–H and O–H groups in total. The van der Waals surface area contributed by atoms with Gasteiger partial charge in [0.15, 0.2) is 0 Å². The van der Waals surface area contributed by atoms with E-state index >= 15 is 0 Å². The molecule has 2 aromatic carbocycles. The molecule has 2 fully saturated rings. The van der Waals surface area contributed by atoms with Gasteiger partial charge in [0.25, 0.3) is 0 Å². The highest BCUT2D eigenvalue weighted by Crippen LogP contribution is 2.31. The molecular weight excluding hydrogens is 486 g/mol. The fourth-order valence-electron chi connectivity index (χ4n) is 5.47. The Morgan fingerprint density at radius 3 is 2.33 bits per heavy atom. The van der Waals surface area contributed by atoms with Crippen molar-refractivity contribution in [2.45, 2.75) is 44.3 Å². The van der Waals surface area contributed by atoms with Crippen LogP contribution in [0.4, 0.5) is 22.0 Å². The number of urea groups is 1. The van der Waals surface area contributed by atoms with Crippen molar-refractivity contribution in [2.24, 2.45) is 0 Å². The van der Waals surface area contributed by atoms with Gasteiger partial charge in [-0.15, -0.1) is 0 Å². The summed E-state index contributed by atoms with van der Waals surface area (Å²) in [6.45, 7) is 4.65. The molecule has 1 saturated carbocycles. The van der Waals surface area contributed by atoms with E-state index < -0.39 is 0 Å². The fourth-order valence-corrected chi connectivity index (χ4v) is 5.47. The Bertz CT molecular complexity index is 1240. The van der Waals surface area contributed by atoms with E-state index in [4.69, 9.17) is 5.26 Å². The standard InChI is InChI=1S/C31H37N7O/c1-36-17-19-37(20-18-36)27-12-14-29(15-13-27)38(31(39)34-22-24-5-3-2-4-6-24)28-10-8-26(9-11-28)35-30-16-7-25(21-32)23-33-30/h2-7,12-16,23,26,28H,8-11,17-20,22H2,1H3,(H,33,35)(H,34,39)/t26-,28-. The zero-order valence-electron chi connectivity index (χ0n) is 22.6. The van der Waals surface area contributed by atoms with Crippen LogP contribution in [0.2, 0.25) is 0 Å². The predicted molar refractivity (Wildman–Crippen MR) is 156 cm³/mol. The Labute approximate surface area is 231 Å². The molecule has 8 heteroatoms. The van der Waals surface area contributed by atoms with E-state index in [0.717, 1.165) is 68.9 Å². The smallest absolute Gasteiger partial charge is 0.322 e. The molecular formula is C31H37N7O. The second-order valence-electron chi connectivity index (χ2n) is 10.5. The van der Waals surface area contributed by atoms with E-state index in [-0.39, 0.29) is 18.1 Å². The number of benzene rings is 2. The van der Waals surface area contributed by atoms with Crippen LogP contribution in [0.3, 0.4) is 0 Å². The summed E-state index contributed by atoms with van der Waals surface area (Å²) >= 11 is 0. The van der Waals surface area contributed by atoms with Gasteiger partial charge in [-0.2, -0.15) is 5.26 Å². The molecule has 1 aromatic heterocycles. The molecule has 1 saturated heterocycles. The molecule has 0 spiro atoms. The van der Waals surface area contributed by atoms with Crippen LogP contribution in [0.15, 0.2) is 72.9 Å². The van der Waals surface area contributed by atoms with Gasteiger partial charge in [-0.3, -0.25) is 4.90 Å². The van der Waals surface area contributed by atoms with Crippen molar-refractivity contribution in [3.63, 3.8) is 0 Å². The van der Waals surface area contributed by atoms with Crippen molar-refractivity contribution in [3.8, 4) is 6.07 Å². The molecule has 0 radical (unpaired) electrons. The van der Waals surface area contributed by atoms with Gasteiger partial charge >= 0.3 is 6.03 Å². The van der Waals surface area contributed by atoms with E-state index in [0.29, 0.717) is 12.1 Å². The molecule has 2 aliphatic rings. The molecule has 0 unspecified atom stereocenters. The van der Waals surface area contributed by atoms with Gasteiger partial charge in [-0.05, 0) is 74.7 Å². The number of nitrogens with one attached hydrogen (secondary N) is 2. The summed E-state index contributed by atoms with van der Waals surface area (Å²) in [4.78, 5) is 24.7. The van der Waals surface area contributed by atoms with Gasteiger partial charge in [0, 0.05) is 62.4 Å². The number of hydrogen-bond acceptors (Lipinski definition) is 6. The van der Waals surface area contributed by atoms with E-state index in [1.165, 1.54) is 5.69 Å². The third-order valence-corrected chi connectivity index (χ3v) is 7.81. The zero-order chi connectivity index (χ0) is 27.0. The lowest BCUT2D eigenvalue weighted by Gasteiger charge is -2.38. The highest BCUT2D eigenvalue weighted by atomic mass is 16.2. The van der Waals surface area contributed by atoms with Crippen LogP contribution in [0.25, 0.3) is 0 Å². The van der Waals surface area contributed by atoms with Crippen LogP contribution in [-0.4, -0.2) is 61.2 Å². The quantitative estimate of drug-likeness (QED) is 0.461. The average Bonchev–Trinajstić information content (AvgIpc) is 2.99. The van der Waals surface area contributed by atoms with E-state index in [1.54, 1.807) is 12.3 Å². The maximum Gasteiger partial charge on any atom is 0.322 e. The number of aromatic nitrogens is 1. The molecule has 2 amide bonds. The number of amides is 2.